The van der Waals surface area contributed by atoms with E-state index in [0.717, 1.165) is 24.9 Å². The van der Waals surface area contributed by atoms with Crippen molar-refractivity contribution in [2.24, 2.45) is 0 Å². The van der Waals surface area contributed by atoms with Gasteiger partial charge in [-0.05, 0) is 30.7 Å². The largest absolute Gasteiger partial charge is 0.310 e. The minimum absolute atomic E-state index is 0.318. The first-order valence-corrected chi connectivity index (χ1v) is 7.91. The molecule has 0 aromatic heterocycles. The molecule has 96 valence electrons. The summed E-state index contributed by atoms with van der Waals surface area (Å²) >= 11 is 0. The Bertz CT molecular complexity index is 431. The SMILES string of the molecule is CCCC(NCC)c1ccc(S(C)(=O)=O)cc1. The minimum atomic E-state index is -3.09. The summed E-state index contributed by atoms with van der Waals surface area (Å²) in [4.78, 5) is 0.382. The van der Waals surface area contributed by atoms with Crippen LogP contribution in [-0.4, -0.2) is 21.2 Å². The highest BCUT2D eigenvalue weighted by Crippen LogP contribution is 2.20. The normalized spacial score (nSPS) is 13.6. The third-order valence-corrected chi connectivity index (χ3v) is 3.87. The highest BCUT2D eigenvalue weighted by molar-refractivity contribution is 7.90. The van der Waals surface area contributed by atoms with Crippen LogP contribution in [0.5, 0.6) is 0 Å². The van der Waals surface area contributed by atoms with Crippen LogP contribution in [0.3, 0.4) is 0 Å². The summed E-state index contributed by atoms with van der Waals surface area (Å²) < 4.78 is 22.7. The molecule has 0 aliphatic carbocycles. The lowest BCUT2D eigenvalue weighted by Crippen LogP contribution is -2.20. The zero-order valence-corrected chi connectivity index (χ0v) is 11.5. The molecule has 0 saturated heterocycles. The quantitative estimate of drug-likeness (QED) is 0.849. The van der Waals surface area contributed by atoms with Crippen LogP contribution in [0, 0.1) is 0 Å². The first-order valence-electron chi connectivity index (χ1n) is 6.02. The maximum absolute atomic E-state index is 11.3. The molecule has 0 fully saturated rings. The first-order chi connectivity index (χ1) is 7.99. The molecule has 1 aromatic rings. The minimum Gasteiger partial charge on any atom is -0.310 e. The molecule has 0 aliphatic heterocycles. The summed E-state index contributed by atoms with van der Waals surface area (Å²) in [6.45, 7) is 5.14. The second-order valence-corrected chi connectivity index (χ2v) is 6.26. The van der Waals surface area contributed by atoms with Gasteiger partial charge < -0.3 is 5.32 Å². The molecule has 4 heteroatoms. The highest BCUT2D eigenvalue weighted by Gasteiger charge is 2.11. The fraction of sp³-hybridized carbons (Fsp3) is 0.538. The molecule has 0 amide bonds. The van der Waals surface area contributed by atoms with E-state index in [2.05, 4.69) is 19.2 Å². The van der Waals surface area contributed by atoms with Gasteiger partial charge in [0.2, 0.25) is 0 Å². The van der Waals surface area contributed by atoms with Gasteiger partial charge in [0.15, 0.2) is 9.84 Å². The third-order valence-electron chi connectivity index (χ3n) is 2.74. The fourth-order valence-electron chi connectivity index (χ4n) is 1.87. The van der Waals surface area contributed by atoms with E-state index in [-0.39, 0.29) is 0 Å². The molecule has 0 spiro atoms. The van der Waals surface area contributed by atoms with Crippen LogP contribution in [0.1, 0.15) is 38.3 Å². The smallest absolute Gasteiger partial charge is 0.175 e. The predicted octanol–water partition coefficient (Wildman–Crippen LogP) is 2.54. The van der Waals surface area contributed by atoms with Gasteiger partial charge in [0.25, 0.3) is 0 Å². The monoisotopic (exact) mass is 255 g/mol. The van der Waals surface area contributed by atoms with Crippen molar-refractivity contribution in [1.82, 2.24) is 5.32 Å². The van der Waals surface area contributed by atoms with E-state index in [9.17, 15) is 8.42 Å². The molecule has 17 heavy (non-hydrogen) atoms. The summed E-state index contributed by atoms with van der Waals surface area (Å²) in [6.07, 6.45) is 3.40. The summed E-state index contributed by atoms with van der Waals surface area (Å²) in [7, 11) is -3.09. The predicted molar refractivity (Wildman–Crippen MR) is 70.9 cm³/mol. The van der Waals surface area contributed by atoms with Gasteiger partial charge in [0.05, 0.1) is 4.90 Å². The van der Waals surface area contributed by atoms with Gasteiger partial charge in [-0.3, -0.25) is 0 Å². The maximum Gasteiger partial charge on any atom is 0.175 e. The molecule has 1 atom stereocenters. The first kappa shape index (κ1) is 14.2. The second-order valence-electron chi connectivity index (χ2n) is 4.24. The molecule has 0 saturated carbocycles. The number of sulfone groups is 1. The zero-order chi connectivity index (χ0) is 12.9. The lowest BCUT2D eigenvalue weighted by Gasteiger charge is -2.17. The van der Waals surface area contributed by atoms with Crippen LogP contribution < -0.4 is 5.32 Å². The van der Waals surface area contributed by atoms with E-state index >= 15 is 0 Å². The van der Waals surface area contributed by atoms with Gasteiger partial charge in [-0.15, -0.1) is 0 Å². The Morgan fingerprint density at radius 2 is 1.76 bits per heavy atom. The Morgan fingerprint density at radius 1 is 1.18 bits per heavy atom. The van der Waals surface area contributed by atoms with Crippen molar-refractivity contribution in [3.63, 3.8) is 0 Å². The number of hydrogen-bond donors (Lipinski definition) is 1. The molecule has 0 radical (unpaired) electrons. The van der Waals surface area contributed by atoms with Crippen molar-refractivity contribution in [2.75, 3.05) is 12.8 Å². The lowest BCUT2D eigenvalue weighted by atomic mass is 10.0. The molecule has 3 nitrogen and oxygen atoms in total. The number of benzene rings is 1. The molecule has 0 heterocycles. The Balaban J connectivity index is 2.91. The summed E-state index contributed by atoms with van der Waals surface area (Å²) in [5, 5.41) is 3.41. The Kier molecular flexibility index (Phi) is 5.15. The fourth-order valence-corrected chi connectivity index (χ4v) is 2.50. The molecule has 1 aromatic carbocycles. The van der Waals surface area contributed by atoms with Gasteiger partial charge in [-0.25, -0.2) is 8.42 Å². The van der Waals surface area contributed by atoms with Crippen molar-refractivity contribution in [1.29, 1.82) is 0 Å². The molecule has 1 N–H and O–H groups in total. The maximum atomic E-state index is 11.3. The van der Waals surface area contributed by atoms with Crippen LogP contribution in [0.2, 0.25) is 0 Å². The van der Waals surface area contributed by atoms with E-state index < -0.39 is 9.84 Å². The van der Waals surface area contributed by atoms with Crippen LogP contribution in [-0.2, 0) is 9.84 Å². The summed E-state index contributed by atoms with van der Waals surface area (Å²) in [5.41, 5.74) is 1.15. The molecule has 1 unspecified atom stereocenters. The van der Waals surface area contributed by atoms with Crippen molar-refractivity contribution in [2.45, 2.75) is 37.6 Å². The van der Waals surface area contributed by atoms with E-state index in [1.807, 2.05) is 12.1 Å². The molecule has 0 aliphatic rings. The number of rotatable bonds is 6. The summed E-state index contributed by atoms with van der Waals surface area (Å²) in [6, 6.07) is 7.49. The second kappa shape index (κ2) is 6.17. The standard InChI is InChI=1S/C13H21NO2S/c1-4-6-13(14-5-2)11-7-9-12(10-8-11)17(3,15)16/h7-10,13-14H,4-6H2,1-3H3. The van der Waals surface area contributed by atoms with Crippen LogP contribution >= 0.6 is 0 Å². The lowest BCUT2D eigenvalue weighted by molar-refractivity contribution is 0.509. The number of hydrogen-bond acceptors (Lipinski definition) is 3. The molecule has 1 rings (SSSR count). The van der Waals surface area contributed by atoms with Crippen molar-refractivity contribution < 1.29 is 8.42 Å². The Morgan fingerprint density at radius 3 is 2.18 bits per heavy atom. The van der Waals surface area contributed by atoms with Gasteiger partial charge >= 0.3 is 0 Å². The van der Waals surface area contributed by atoms with Crippen molar-refractivity contribution in [3.8, 4) is 0 Å². The average Bonchev–Trinajstić information content (AvgIpc) is 2.28. The molecular formula is C13H21NO2S. The van der Waals surface area contributed by atoms with E-state index in [0.29, 0.717) is 10.9 Å². The third kappa shape index (κ3) is 4.13. The van der Waals surface area contributed by atoms with Crippen LogP contribution in [0.25, 0.3) is 0 Å². The summed E-state index contributed by atoms with van der Waals surface area (Å²) in [5.74, 6) is 0. The topological polar surface area (TPSA) is 46.2 Å². The van der Waals surface area contributed by atoms with Crippen molar-refractivity contribution in [3.05, 3.63) is 29.8 Å². The average molecular weight is 255 g/mol. The number of nitrogens with one attached hydrogen (secondary N) is 1. The van der Waals surface area contributed by atoms with E-state index in [1.54, 1.807) is 12.1 Å². The van der Waals surface area contributed by atoms with Crippen LogP contribution in [0.4, 0.5) is 0 Å². The Labute approximate surface area is 104 Å². The Hall–Kier alpha value is -0.870. The van der Waals surface area contributed by atoms with Crippen molar-refractivity contribution >= 4 is 9.84 Å². The van der Waals surface area contributed by atoms with E-state index in [1.165, 1.54) is 6.26 Å². The highest BCUT2D eigenvalue weighted by atomic mass is 32.2. The molecule has 0 bridgehead atoms. The van der Waals surface area contributed by atoms with Gasteiger partial charge in [-0.1, -0.05) is 32.4 Å². The van der Waals surface area contributed by atoms with Gasteiger partial charge in [0.1, 0.15) is 0 Å². The van der Waals surface area contributed by atoms with E-state index in [4.69, 9.17) is 0 Å². The van der Waals surface area contributed by atoms with Gasteiger partial charge in [0, 0.05) is 12.3 Å². The molecular weight excluding hydrogens is 234 g/mol. The van der Waals surface area contributed by atoms with Crippen LogP contribution in [0.15, 0.2) is 29.2 Å². The zero-order valence-electron chi connectivity index (χ0n) is 10.7. The van der Waals surface area contributed by atoms with Gasteiger partial charge in [-0.2, -0.15) is 0 Å².